The molecule has 0 aliphatic rings. The van der Waals surface area contributed by atoms with Crippen LogP contribution < -0.4 is 5.43 Å². The van der Waals surface area contributed by atoms with Gasteiger partial charge in [0.2, 0.25) is 0 Å². The molecule has 0 bridgehead atoms. The summed E-state index contributed by atoms with van der Waals surface area (Å²) in [6.07, 6.45) is -1.28. The molecule has 0 aliphatic carbocycles. The van der Waals surface area contributed by atoms with E-state index in [1.54, 1.807) is 6.20 Å². The number of halogens is 3. The van der Waals surface area contributed by atoms with Gasteiger partial charge in [-0.25, -0.2) is 10.4 Å². The second kappa shape index (κ2) is 7.90. The SMILES string of the molecule is Cc1ccc(-n2c(C)cc(/C=N/NC(=O)c3cccc(C(F)(F)F)c3)c2C)nc1. The number of rotatable bonds is 4. The van der Waals surface area contributed by atoms with Crippen molar-refractivity contribution < 1.29 is 18.0 Å². The average molecular weight is 400 g/mol. The Morgan fingerprint density at radius 1 is 1.14 bits per heavy atom. The van der Waals surface area contributed by atoms with E-state index in [0.717, 1.165) is 40.5 Å². The molecule has 2 heterocycles. The van der Waals surface area contributed by atoms with Gasteiger partial charge in [-0.3, -0.25) is 4.79 Å². The molecule has 0 saturated heterocycles. The Morgan fingerprint density at radius 2 is 1.90 bits per heavy atom. The quantitative estimate of drug-likeness (QED) is 0.515. The third-order valence-corrected chi connectivity index (χ3v) is 4.42. The van der Waals surface area contributed by atoms with E-state index >= 15 is 0 Å². The first-order chi connectivity index (χ1) is 13.7. The van der Waals surface area contributed by atoms with Gasteiger partial charge >= 0.3 is 6.18 Å². The maximum Gasteiger partial charge on any atom is 0.416 e. The Labute approximate surface area is 165 Å². The van der Waals surface area contributed by atoms with Crippen LogP contribution in [0.4, 0.5) is 13.2 Å². The maximum atomic E-state index is 12.8. The van der Waals surface area contributed by atoms with Crippen LogP contribution >= 0.6 is 0 Å². The molecular weight excluding hydrogens is 381 g/mol. The lowest BCUT2D eigenvalue weighted by molar-refractivity contribution is -0.137. The number of aromatic nitrogens is 2. The van der Waals surface area contributed by atoms with Crippen molar-refractivity contribution in [3.63, 3.8) is 0 Å². The summed E-state index contributed by atoms with van der Waals surface area (Å²) in [5.41, 5.74) is 4.88. The number of hydrazone groups is 1. The second-order valence-corrected chi connectivity index (χ2v) is 6.63. The number of hydrogen-bond donors (Lipinski definition) is 1. The number of carbonyl (C=O) groups is 1. The van der Waals surface area contributed by atoms with Crippen molar-refractivity contribution in [3.05, 3.63) is 82.3 Å². The second-order valence-electron chi connectivity index (χ2n) is 6.63. The summed E-state index contributed by atoms with van der Waals surface area (Å²) in [5, 5.41) is 3.89. The lowest BCUT2D eigenvalue weighted by atomic mass is 10.1. The molecule has 0 unspecified atom stereocenters. The van der Waals surface area contributed by atoms with Crippen molar-refractivity contribution in [2.75, 3.05) is 0 Å². The molecule has 150 valence electrons. The molecule has 2 aromatic heterocycles. The van der Waals surface area contributed by atoms with E-state index in [-0.39, 0.29) is 5.56 Å². The van der Waals surface area contributed by atoms with Gasteiger partial charge in [0.15, 0.2) is 0 Å². The van der Waals surface area contributed by atoms with E-state index in [9.17, 15) is 18.0 Å². The monoisotopic (exact) mass is 400 g/mol. The van der Waals surface area contributed by atoms with Crippen LogP contribution in [0, 0.1) is 20.8 Å². The third-order valence-electron chi connectivity index (χ3n) is 4.42. The van der Waals surface area contributed by atoms with E-state index in [1.165, 1.54) is 18.3 Å². The smallest absolute Gasteiger partial charge is 0.303 e. The number of hydrogen-bond acceptors (Lipinski definition) is 3. The predicted octanol–water partition coefficient (Wildman–Crippen LogP) is 4.58. The van der Waals surface area contributed by atoms with Gasteiger partial charge in [0, 0.05) is 28.7 Å². The number of nitrogens with zero attached hydrogens (tertiary/aromatic N) is 3. The van der Waals surface area contributed by atoms with Crippen LogP contribution in [0.5, 0.6) is 0 Å². The minimum Gasteiger partial charge on any atom is -0.303 e. The number of carbonyl (C=O) groups excluding carboxylic acids is 1. The van der Waals surface area contributed by atoms with Gasteiger partial charge in [-0.15, -0.1) is 0 Å². The van der Waals surface area contributed by atoms with Crippen molar-refractivity contribution in [2.24, 2.45) is 5.10 Å². The highest BCUT2D eigenvalue weighted by Gasteiger charge is 2.30. The van der Waals surface area contributed by atoms with Gasteiger partial charge in [0.1, 0.15) is 5.82 Å². The van der Waals surface area contributed by atoms with Crippen LogP contribution in [-0.4, -0.2) is 21.7 Å². The van der Waals surface area contributed by atoms with Crippen molar-refractivity contribution in [2.45, 2.75) is 26.9 Å². The molecule has 1 amide bonds. The molecule has 0 saturated carbocycles. The first-order valence-corrected chi connectivity index (χ1v) is 8.79. The van der Waals surface area contributed by atoms with Crippen LogP contribution in [-0.2, 0) is 6.18 Å². The summed E-state index contributed by atoms with van der Waals surface area (Å²) in [4.78, 5) is 16.5. The number of alkyl halides is 3. The first kappa shape index (κ1) is 20.3. The molecular formula is C21H19F3N4O. The summed E-state index contributed by atoms with van der Waals surface area (Å²) in [5.74, 6) is 0.0413. The van der Waals surface area contributed by atoms with Gasteiger partial charge in [-0.1, -0.05) is 12.1 Å². The minimum atomic E-state index is -4.51. The Kier molecular flexibility index (Phi) is 5.54. The summed E-state index contributed by atoms with van der Waals surface area (Å²) in [7, 11) is 0. The van der Waals surface area contributed by atoms with Crippen molar-refractivity contribution in [1.82, 2.24) is 15.0 Å². The fourth-order valence-corrected chi connectivity index (χ4v) is 2.92. The van der Waals surface area contributed by atoms with E-state index in [2.05, 4.69) is 15.5 Å². The lowest BCUT2D eigenvalue weighted by Crippen LogP contribution is -2.18. The summed E-state index contributed by atoms with van der Waals surface area (Å²) in [6, 6.07) is 9.94. The molecule has 5 nitrogen and oxygen atoms in total. The summed E-state index contributed by atoms with van der Waals surface area (Å²) < 4.78 is 40.3. The first-order valence-electron chi connectivity index (χ1n) is 8.79. The van der Waals surface area contributed by atoms with E-state index in [1.807, 2.05) is 43.5 Å². The minimum absolute atomic E-state index is 0.119. The molecule has 0 fully saturated rings. The number of nitrogens with one attached hydrogen (secondary N) is 1. The molecule has 3 aromatic rings. The van der Waals surface area contributed by atoms with Gasteiger partial charge in [0.05, 0.1) is 11.8 Å². The highest BCUT2D eigenvalue weighted by Crippen LogP contribution is 2.29. The van der Waals surface area contributed by atoms with Gasteiger partial charge < -0.3 is 4.57 Å². The molecule has 0 spiro atoms. The van der Waals surface area contributed by atoms with Crippen LogP contribution in [0.3, 0.4) is 0 Å². The van der Waals surface area contributed by atoms with Crippen LogP contribution in [0.2, 0.25) is 0 Å². The zero-order valence-electron chi connectivity index (χ0n) is 16.1. The number of benzene rings is 1. The number of aryl methyl sites for hydroxylation is 2. The normalized spacial score (nSPS) is 11.8. The highest BCUT2D eigenvalue weighted by molar-refractivity contribution is 5.95. The number of pyridine rings is 1. The average Bonchev–Trinajstić information content (AvgIpc) is 2.95. The van der Waals surface area contributed by atoms with Crippen molar-refractivity contribution in [1.29, 1.82) is 0 Å². The third kappa shape index (κ3) is 4.53. The molecule has 3 rings (SSSR count). The topological polar surface area (TPSA) is 59.3 Å². The molecule has 0 atom stereocenters. The Balaban J connectivity index is 1.77. The fraction of sp³-hybridized carbons (Fsp3) is 0.190. The Bertz CT molecular complexity index is 1070. The van der Waals surface area contributed by atoms with E-state index < -0.39 is 17.6 Å². The molecule has 29 heavy (non-hydrogen) atoms. The summed E-state index contributed by atoms with van der Waals surface area (Å²) in [6.45, 7) is 5.77. The standard InChI is InChI=1S/C21H19F3N4O/c1-13-7-8-19(25-11-13)28-14(2)9-17(15(28)3)12-26-27-20(29)16-5-4-6-18(10-16)21(22,23)24/h4-12H,1-3H3,(H,27,29)/b26-12+. The summed E-state index contributed by atoms with van der Waals surface area (Å²) >= 11 is 0. The molecule has 1 aromatic carbocycles. The van der Waals surface area contributed by atoms with E-state index in [0.29, 0.717) is 0 Å². The Hall–Kier alpha value is -3.42. The zero-order chi connectivity index (χ0) is 21.2. The number of amides is 1. The highest BCUT2D eigenvalue weighted by atomic mass is 19.4. The Morgan fingerprint density at radius 3 is 2.55 bits per heavy atom. The van der Waals surface area contributed by atoms with Crippen LogP contribution in [0.25, 0.3) is 5.82 Å². The van der Waals surface area contributed by atoms with Crippen LogP contribution in [0.15, 0.2) is 53.8 Å². The molecule has 0 aliphatic heterocycles. The van der Waals surface area contributed by atoms with Gasteiger partial charge in [-0.2, -0.15) is 18.3 Å². The maximum absolute atomic E-state index is 12.8. The van der Waals surface area contributed by atoms with Crippen molar-refractivity contribution >= 4 is 12.1 Å². The van der Waals surface area contributed by atoms with E-state index in [4.69, 9.17) is 0 Å². The van der Waals surface area contributed by atoms with Crippen LogP contribution in [0.1, 0.15) is 38.4 Å². The van der Waals surface area contributed by atoms with Crippen molar-refractivity contribution in [3.8, 4) is 5.82 Å². The predicted molar refractivity (Wildman–Crippen MR) is 104 cm³/mol. The largest absolute Gasteiger partial charge is 0.416 e. The van der Waals surface area contributed by atoms with Gasteiger partial charge in [0.25, 0.3) is 5.91 Å². The van der Waals surface area contributed by atoms with Gasteiger partial charge in [-0.05, 0) is 56.7 Å². The molecule has 1 N–H and O–H groups in total. The lowest BCUT2D eigenvalue weighted by Gasteiger charge is -2.08. The zero-order valence-corrected chi connectivity index (χ0v) is 16.1. The fourth-order valence-electron chi connectivity index (χ4n) is 2.92. The molecule has 8 heteroatoms. The molecule has 0 radical (unpaired) electrons.